The quantitative estimate of drug-likeness (QED) is 0.817. The maximum Gasteiger partial charge on any atom is 0.274 e. The van der Waals surface area contributed by atoms with E-state index in [2.05, 4.69) is 24.3 Å². The Labute approximate surface area is 102 Å². The molecule has 1 aromatic rings. The second kappa shape index (κ2) is 5.70. The van der Waals surface area contributed by atoms with Gasteiger partial charge in [-0.15, -0.1) is 0 Å². The van der Waals surface area contributed by atoms with Crippen LogP contribution in [0.25, 0.3) is 0 Å². The first-order valence-electron chi connectivity index (χ1n) is 6.04. The number of hydrogen-bond donors (Lipinski definition) is 2. The molecule has 96 valence electrons. The lowest BCUT2D eigenvalue weighted by Crippen LogP contribution is -2.34. The van der Waals surface area contributed by atoms with Gasteiger partial charge in [-0.05, 0) is 19.3 Å². The number of rotatable bonds is 5. The second-order valence-electron chi connectivity index (χ2n) is 4.73. The first-order chi connectivity index (χ1) is 7.93. The predicted molar refractivity (Wildman–Crippen MR) is 68.6 cm³/mol. The van der Waals surface area contributed by atoms with Crippen molar-refractivity contribution >= 4 is 11.6 Å². The number of nitrogens with one attached hydrogen (secondary N) is 1. The fourth-order valence-corrected chi connectivity index (χ4v) is 1.80. The van der Waals surface area contributed by atoms with E-state index < -0.39 is 0 Å². The fourth-order valence-electron chi connectivity index (χ4n) is 1.80. The van der Waals surface area contributed by atoms with Crippen LogP contribution in [-0.2, 0) is 7.05 Å². The van der Waals surface area contributed by atoms with E-state index in [1.807, 2.05) is 6.92 Å². The van der Waals surface area contributed by atoms with Crippen LogP contribution in [0.3, 0.4) is 0 Å². The number of aromatic nitrogens is 2. The highest BCUT2D eigenvalue weighted by atomic mass is 16.2. The molecule has 0 fully saturated rings. The molecule has 2 atom stereocenters. The molecule has 0 radical (unpaired) electrons. The van der Waals surface area contributed by atoms with Gasteiger partial charge in [0.2, 0.25) is 0 Å². The van der Waals surface area contributed by atoms with Crippen LogP contribution in [-0.4, -0.2) is 21.7 Å². The molecule has 0 aliphatic rings. The molecular weight excluding hydrogens is 216 g/mol. The molecular formula is C12H22N4O. The van der Waals surface area contributed by atoms with Gasteiger partial charge in [0.05, 0.1) is 5.69 Å². The van der Waals surface area contributed by atoms with Crippen molar-refractivity contribution in [3.05, 3.63) is 11.9 Å². The van der Waals surface area contributed by atoms with Crippen LogP contribution in [0, 0.1) is 5.92 Å². The minimum absolute atomic E-state index is 0.138. The average Bonchev–Trinajstić information content (AvgIpc) is 2.57. The SMILES string of the molecule is CCC(C)CC(C)NC(=O)c1nn(C)cc1N. The largest absolute Gasteiger partial charge is 0.396 e. The van der Waals surface area contributed by atoms with Crippen LogP contribution in [0.15, 0.2) is 6.20 Å². The number of carbonyl (C=O) groups is 1. The molecule has 0 spiro atoms. The van der Waals surface area contributed by atoms with Gasteiger partial charge in [-0.1, -0.05) is 20.3 Å². The van der Waals surface area contributed by atoms with Crippen LogP contribution >= 0.6 is 0 Å². The first kappa shape index (κ1) is 13.5. The molecule has 1 rings (SSSR count). The summed E-state index contributed by atoms with van der Waals surface area (Å²) in [7, 11) is 1.75. The van der Waals surface area contributed by atoms with E-state index in [4.69, 9.17) is 5.73 Å². The Bertz CT molecular complexity index is 386. The molecule has 2 unspecified atom stereocenters. The Morgan fingerprint density at radius 1 is 1.59 bits per heavy atom. The molecule has 17 heavy (non-hydrogen) atoms. The van der Waals surface area contributed by atoms with E-state index in [1.165, 1.54) is 0 Å². The Morgan fingerprint density at radius 3 is 2.71 bits per heavy atom. The number of nitrogens with zero attached hydrogens (tertiary/aromatic N) is 2. The van der Waals surface area contributed by atoms with Crippen LogP contribution in [0.1, 0.15) is 44.1 Å². The zero-order chi connectivity index (χ0) is 13.0. The summed E-state index contributed by atoms with van der Waals surface area (Å²) in [5.41, 5.74) is 6.43. The third-order valence-corrected chi connectivity index (χ3v) is 2.90. The van der Waals surface area contributed by atoms with Crippen LogP contribution in [0.4, 0.5) is 5.69 Å². The Morgan fingerprint density at radius 2 is 2.24 bits per heavy atom. The third kappa shape index (κ3) is 3.76. The lowest BCUT2D eigenvalue weighted by Gasteiger charge is -2.16. The Kier molecular flexibility index (Phi) is 4.54. The average molecular weight is 238 g/mol. The molecule has 0 saturated carbocycles. The van der Waals surface area contributed by atoms with Crippen molar-refractivity contribution in [2.24, 2.45) is 13.0 Å². The molecule has 5 heteroatoms. The van der Waals surface area contributed by atoms with E-state index in [1.54, 1.807) is 17.9 Å². The molecule has 0 aliphatic carbocycles. The van der Waals surface area contributed by atoms with Gasteiger partial charge in [0.1, 0.15) is 0 Å². The summed E-state index contributed by atoms with van der Waals surface area (Å²) >= 11 is 0. The van der Waals surface area contributed by atoms with E-state index in [0.717, 1.165) is 12.8 Å². The van der Waals surface area contributed by atoms with Crippen molar-refractivity contribution in [2.75, 3.05) is 5.73 Å². The van der Waals surface area contributed by atoms with Crippen molar-refractivity contribution in [2.45, 2.75) is 39.7 Å². The normalized spacial score (nSPS) is 14.4. The highest BCUT2D eigenvalue weighted by Gasteiger charge is 2.16. The van der Waals surface area contributed by atoms with Gasteiger partial charge >= 0.3 is 0 Å². The molecule has 1 amide bonds. The Balaban J connectivity index is 2.57. The number of anilines is 1. The summed E-state index contributed by atoms with van der Waals surface area (Å²) < 4.78 is 1.55. The molecule has 0 aliphatic heterocycles. The van der Waals surface area contributed by atoms with Crippen molar-refractivity contribution in [3.63, 3.8) is 0 Å². The standard InChI is InChI=1S/C12H22N4O/c1-5-8(2)6-9(3)14-12(17)11-10(13)7-16(4)15-11/h7-9H,5-6,13H2,1-4H3,(H,14,17). The van der Waals surface area contributed by atoms with Crippen LogP contribution in [0.2, 0.25) is 0 Å². The number of amides is 1. The summed E-state index contributed by atoms with van der Waals surface area (Å²) in [5, 5.41) is 6.96. The van der Waals surface area contributed by atoms with Crippen molar-refractivity contribution in [3.8, 4) is 0 Å². The van der Waals surface area contributed by atoms with Gasteiger partial charge in [0, 0.05) is 19.3 Å². The molecule has 0 saturated heterocycles. The topological polar surface area (TPSA) is 72.9 Å². The van der Waals surface area contributed by atoms with E-state index in [9.17, 15) is 4.79 Å². The molecule has 5 nitrogen and oxygen atoms in total. The smallest absolute Gasteiger partial charge is 0.274 e. The van der Waals surface area contributed by atoms with Gasteiger partial charge in [0.25, 0.3) is 5.91 Å². The highest BCUT2D eigenvalue weighted by Crippen LogP contribution is 2.12. The van der Waals surface area contributed by atoms with Crippen molar-refractivity contribution in [1.29, 1.82) is 0 Å². The highest BCUT2D eigenvalue weighted by molar-refractivity contribution is 5.97. The number of nitrogen functional groups attached to an aromatic ring is 1. The number of aryl methyl sites for hydroxylation is 1. The number of hydrogen-bond acceptors (Lipinski definition) is 3. The lowest BCUT2D eigenvalue weighted by molar-refractivity contribution is 0.0930. The number of carbonyl (C=O) groups excluding carboxylic acids is 1. The van der Waals surface area contributed by atoms with Crippen LogP contribution in [0.5, 0.6) is 0 Å². The molecule has 0 aromatic carbocycles. The maximum atomic E-state index is 11.9. The van der Waals surface area contributed by atoms with Crippen molar-refractivity contribution in [1.82, 2.24) is 15.1 Å². The Hall–Kier alpha value is -1.52. The molecule has 1 aromatic heterocycles. The zero-order valence-corrected chi connectivity index (χ0v) is 11.0. The van der Waals surface area contributed by atoms with Gasteiger partial charge in [-0.3, -0.25) is 9.48 Å². The number of nitrogens with two attached hydrogens (primary N) is 1. The van der Waals surface area contributed by atoms with Crippen molar-refractivity contribution < 1.29 is 4.79 Å². The summed E-state index contributed by atoms with van der Waals surface area (Å²) in [5.74, 6) is 0.408. The third-order valence-electron chi connectivity index (χ3n) is 2.90. The van der Waals surface area contributed by atoms with Gasteiger partial charge in [-0.25, -0.2) is 0 Å². The predicted octanol–water partition coefficient (Wildman–Crippen LogP) is 1.56. The maximum absolute atomic E-state index is 11.9. The molecule has 1 heterocycles. The minimum atomic E-state index is -0.195. The summed E-state index contributed by atoms with van der Waals surface area (Å²) in [4.78, 5) is 11.9. The minimum Gasteiger partial charge on any atom is -0.396 e. The zero-order valence-electron chi connectivity index (χ0n) is 11.0. The fraction of sp³-hybridized carbons (Fsp3) is 0.667. The van der Waals surface area contributed by atoms with E-state index in [-0.39, 0.29) is 11.9 Å². The van der Waals surface area contributed by atoms with Gasteiger partial charge < -0.3 is 11.1 Å². The first-order valence-corrected chi connectivity index (χ1v) is 6.04. The second-order valence-corrected chi connectivity index (χ2v) is 4.73. The summed E-state index contributed by atoms with van der Waals surface area (Å²) in [6.07, 6.45) is 3.72. The van der Waals surface area contributed by atoms with E-state index >= 15 is 0 Å². The lowest BCUT2D eigenvalue weighted by atomic mass is 10.0. The molecule has 3 N–H and O–H groups in total. The van der Waals surface area contributed by atoms with Gasteiger partial charge in [0.15, 0.2) is 5.69 Å². The monoisotopic (exact) mass is 238 g/mol. The molecule has 0 bridgehead atoms. The van der Waals surface area contributed by atoms with Gasteiger partial charge in [-0.2, -0.15) is 5.10 Å². The summed E-state index contributed by atoms with van der Waals surface area (Å²) in [6, 6.07) is 0.138. The van der Waals surface area contributed by atoms with E-state index in [0.29, 0.717) is 17.3 Å². The van der Waals surface area contributed by atoms with Crippen LogP contribution < -0.4 is 11.1 Å². The summed E-state index contributed by atoms with van der Waals surface area (Å²) in [6.45, 7) is 6.33.